The molecule has 0 spiro atoms. The maximum atomic E-state index is 12.3. The third kappa shape index (κ3) is 4.75. The first-order valence-electron chi connectivity index (χ1n) is 10.1. The number of morpholine rings is 1. The summed E-state index contributed by atoms with van der Waals surface area (Å²) in [6.07, 6.45) is 4.21. The van der Waals surface area contributed by atoms with Gasteiger partial charge in [0.2, 0.25) is 5.91 Å². The fourth-order valence-corrected chi connectivity index (χ4v) is 3.39. The Kier molecular flexibility index (Phi) is 6.20. The van der Waals surface area contributed by atoms with E-state index in [4.69, 9.17) is 4.74 Å². The van der Waals surface area contributed by atoms with Crippen LogP contribution in [0.5, 0.6) is 0 Å². The summed E-state index contributed by atoms with van der Waals surface area (Å²) in [7, 11) is 0. The fourth-order valence-electron chi connectivity index (χ4n) is 3.39. The van der Waals surface area contributed by atoms with E-state index in [1.165, 1.54) is 0 Å². The number of fused-ring (bicyclic) bond motifs is 1. The number of para-hydroxylation sites is 1. The number of aromatic amines is 1. The molecule has 0 atom stereocenters. The van der Waals surface area contributed by atoms with Crippen molar-refractivity contribution in [1.29, 1.82) is 0 Å². The molecule has 0 saturated carbocycles. The summed E-state index contributed by atoms with van der Waals surface area (Å²) in [4.78, 5) is 26.2. The predicted molar refractivity (Wildman–Crippen MR) is 116 cm³/mol. The molecular weight excluding hydrogens is 380 g/mol. The average Bonchev–Trinajstić information content (AvgIpc) is 3.21. The summed E-state index contributed by atoms with van der Waals surface area (Å²) >= 11 is 0. The molecule has 1 fully saturated rings. The molecule has 1 saturated heterocycles. The van der Waals surface area contributed by atoms with E-state index in [2.05, 4.69) is 15.5 Å². The van der Waals surface area contributed by atoms with Crippen LogP contribution >= 0.6 is 0 Å². The highest BCUT2D eigenvalue weighted by Gasteiger charge is 2.16. The van der Waals surface area contributed by atoms with Crippen LogP contribution in [0, 0.1) is 0 Å². The van der Waals surface area contributed by atoms with Gasteiger partial charge in [0.25, 0.3) is 5.91 Å². The van der Waals surface area contributed by atoms with Gasteiger partial charge in [-0.05, 0) is 29.8 Å². The Morgan fingerprint density at radius 2 is 1.83 bits per heavy atom. The van der Waals surface area contributed by atoms with Crippen LogP contribution in [0.25, 0.3) is 23.1 Å². The molecule has 0 unspecified atom stereocenters. The van der Waals surface area contributed by atoms with Gasteiger partial charge in [0.15, 0.2) is 0 Å². The van der Waals surface area contributed by atoms with Gasteiger partial charge < -0.3 is 15.0 Å². The number of nitrogens with one attached hydrogen (secondary N) is 2. The molecule has 0 bridgehead atoms. The number of aromatic nitrogens is 2. The Morgan fingerprint density at radius 1 is 1.07 bits per heavy atom. The standard InChI is InChI=1S/C23H24N4O3/c28-22(27-13-15-30-16-14-27)11-12-24-23(29)18-8-5-17(6-9-18)7-10-21-19-3-1-2-4-20(19)25-26-21/h1-10H,11-16H2,(H,24,29)(H,25,26)/b10-7+. The first kappa shape index (κ1) is 19.8. The number of hydrogen-bond donors (Lipinski definition) is 2. The van der Waals surface area contributed by atoms with Crippen molar-refractivity contribution < 1.29 is 14.3 Å². The molecule has 7 heteroatoms. The molecule has 0 radical (unpaired) electrons. The zero-order chi connectivity index (χ0) is 20.8. The van der Waals surface area contributed by atoms with Crippen LogP contribution in [0.1, 0.15) is 28.0 Å². The molecule has 2 heterocycles. The minimum atomic E-state index is -0.182. The topological polar surface area (TPSA) is 87.3 Å². The molecule has 30 heavy (non-hydrogen) atoms. The molecular formula is C23H24N4O3. The first-order valence-corrected chi connectivity index (χ1v) is 10.1. The minimum absolute atomic E-state index is 0.0463. The van der Waals surface area contributed by atoms with Crippen molar-refractivity contribution in [3.05, 3.63) is 65.4 Å². The number of nitrogens with zero attached hydrogens (tertiary/aromatic N) is 2. The highest BCUT2D eigenvalue weighted by atomic mass is 16.5. The molecule has 2 aromatic carbocycles. The largest absolute Gasteiger partial charge is 0.378 e. The Balaban J connectivity index is 1.29. The van der Waals surface area contributed by atoms with Gasteiger partial charge in [-0.15, -0.1) is 0 Å². The van der Waals surface area contributed by atoms with Crippen molar-refractivity contribution in [2.45, 2.75) is 6.42 Å². The van der Waals surface area contributed by atoms with Gasteiger partial charge in [-0.25, -0.2) is 0 Å². The minimum Gasteiger partial charge on any atom is -0.378 e. The second kappa shape index (κ2) is 9.37. The maximum absolute atomic E-state index is 12.3. The fraction of sp³-hybridized carbons (Fsp3) is 0.261. The predicted octanol–water partition coefficient (Wildman–Crippen LogP) is 2.71. The van der Waals surface area contributed by atoms with E-state index in [0.717, 1.165) is 22.2 Å². The Morgan fingerprint density at radius 3 is 2.63 bits per heavy atom. The average molecular weight is 404 g/mol. The third-order valence-corrected chi connectivity index (χ3v) is 5.09. The molecule has 2 N–H and O–H groups in total. The number of hydrogen-bond acceptors (Lipinski definition) is 4. The van der Waals surface area contributed by atoms with E-state index < -0.39 is 0 Å². The van der Waals surface area contributed by atoms with E-state index in [-0.39, 0.29) is 11.8 Å². The summed E-state index contributed by atoms with van der Waals surface area (Å²) in [6, 6.07) is 15.3. The third-order valence-electron chi connectivity index (χ3n) is 5.09. The number of amides is 2. The van der Waals surface area contributed by atoms with Crippen molar-refractivity contribution >= 4 is 34.9 Å². The quantitative estimate of drug-likeness (QED) is 0.661. The van der Waals surface area contributed by atoms with E-state index in [9.17, 15) is 9.59 Å². The van der Waals surface area contributed by atoms with Crippen molar-refractivity contribution in [3.8, 4) is 0 Å². The summed E-state index contributed by atoms with van der Waals surface area (Å²) in [5, 5.41) is 11.2. The van der Waals surface area contributed by atoms with E-state index in [0.29, 0.717) is 44.8 Å². The molecule has 1 aliphatic rings. The van der Waals surface area contributed by atoms with Crippen LogP contribution in [-0.2, 0) is 9.53 Å². The zero-order valence-corrected chi connectivity index (χ0v) is 16.6. The lowest BCUT2D eigenvalue weighted by atomic mass is 10.1. The van der Waals surface area contributed by atoms with Crippen LogP contribution in [0.2, 0.25) is 0 Å². The summed E-state index contributed by atoms with van der Waals surface area (Å²) in [5.74, 6) is -0.136. The molecule has 7 nitrogen and oxygen atoms in total. The summed E-state index contributed by atoms with van der Waals surface area (Å²) in [6.45, 7) is 2.72. The van der Waals surface area contributed by atoms with Gasteiger partial charge in [0.05, 0.1) is 24.4 Å². The lowest BCUT2D eigenvalue weighted by molar-refractivity contribution is -0.135. The highest BCUT2D eigenvalue weighted by molar-refractivity contribution is 5.95. The molecule has 154 valence electrons. The molecule has 4 rings (SSSR count). The number of H-pyrrole nitrogens is 1. The normalized spacial score (nSPS) is 14.3. The van der Waals surface area contributed by atoms with Crippen LogP contribution in [0.4, 0.5) is 0 Å². The van der Waals surface area contributed by atoms with Crippen molar-refractivity contribution in [2.24, 2.45) is 0 Å². The highest BCUT2D eigenvalue weighted by Crippen LogP contribution is 2.17. The molecule has 0 aliphatic carbocycles. The smallest absolute Gasteiger partial charge is 0.251 e. The van der Waals surface area contributed by atoms with Gasteiger partial charge in [0.1, 0.15) is 0 Å². The molecule has 3 aromatic rings. The van der Waals surface area contributed by atoms with Crippen molar-refractivity contribution in [3.63, 3.8) is 0 Å². The first-order chi connectivity index (χ1) is 14.7. The molecule has 2 amide bonds. The number of carbonyl (C=O) groups is 2. The van der Waals surface area contributed by atoms with E-state index >= 15 is 0 Å². The number of rotatable bonds is 6. The second-order valence-corrected chi connectivity index (χ2v) is 7.11. The summed E-state index contributed by atoms with van der Waals surface area (Å²) < 4.78 is 5.24. The lowest BCUT2D eigenvalue weighted by Crippen LogP contribution is -2.42. The van der Waals surface area contributed by atoms with Crippen LogP contribution in [0.15, 0.2) is 48.5 Å². The monoisotopic (exact) mass is 404 g/mol. The van der Waals surface area contributed by atoms with Crippen LogP contribution < -0.4 is 5.32 Å². The lowest BCUT2D eigenvalue weighted by Gasteiger charge is -2.26. The van der Waals surface area contributed by atoms with Crippen LogP contribution in [-0.4, -0.2) is 59.8 Å². The number of ether oxygens (including phenoxy) is 1. The van der Waals surface area contributed by atoms with Gasteiger partial charge in [-0.2, -0.15) is 5.10 Å². The van der Waals surface area contributed by atoms with Gasteiger partial charge in [0, 0.05) is 37.0 Å². The van der Waals surface area contributed by atoms with Crippen molar-refractivity contribution in [2.75, 3.05) is 32.8 Å². The Labute approximate surface area is 174 Å². The maximum Gasteiger partial charge on any atom is 0.251 e. The number of carbonyl (C=O) groups excluding carboxylic acids is 2. The molecule has 1 aromatic heterocycles. The SMILES string of the molecule is O=C(NCCC(=O)N1CCOCC1)c1ccc(/C=C/c2n[nH]c3ccccc23)cc1. The van der Waals surface area contributed by atoms with Crippen LogP contribution in [0.3, 0.4) is 0 Å². The van der Waals surface area contributed by atoms with Crippen molar-refractivity contribution in [1.82, 2.24) is 20.4 Å². The van der Waals surface area contributed by atoms with E-state index in [1.54, 1.807) is 17.0 Å². The number of benzene rings is 2. The Hall–Kier alpha value is -3.45. The van der Waals surface area contributed by atoms with Gasteiger partial charge in [-0.1, -0.05) is 36.4 Å². The Bertz CT molecular complexity index is 1050. The molecule has 1 aliphatic heterocycles. The second-order valence-electron chi connectivity index (χ2n) is 7.11. The van der Waals surface area contributed by atoms with Gasteiger partial charge >= 0.3 is 0 Å². The summed E-state index contributed by atoms with van der Waals surface area (Å²) in [5.41, 5.74) is 3.41. The van der Waals surface area contributed by atoms with E-state index in [1.807, 2.05) is 48.6 Å². The van der Waals surface area contributed by atoms with Gasteiger partial charge in [-0.3, -0.25) is 14.7 Å². The zero-order valence-electron chi connectivity index (χ0n) is 16.6.